The van der Waals surface area contributed by atoms with Gasteiger partial charge in [0, 0.05) is 5.56 Å². The molecule has 0 saturated carbocycles. The fourth-order valence-corrected chi connectivity index (χ4v) is 1.92. The third kappa shape index (κ3) is 2.90. The van der Waals surface area contributed by atoms with Crippen LogP contribution in [0.2, 0.25) is 0 Å². The van der Waals surface area contributed by atoms with Crippen molar-refractivity contribution in [3.05, 3.63) is 35.4 Å². The fourth-order valence-electron chi connectivity index (χ4n) is 1.92. The second-order valence-corrected chi connectivity index (χ2v) is 4.48. The normalized spacial score (nSPS) is 13.9. The highest BCUT2D eigenvalue weighted by molar-refractivity contribution is 6.11. The number of amides is 2. The van der Waals surface area contributed by atoms with Crippen molar-refractivity contribution >= 4 is 23.6 Å². The van der Waals surface area contributed by atoms with Crippen LogP contribution in [0.4, 0.5) is 0 Å². The third-order valence-electron chi connectivity index (χ3n) is 2.86. The molecule has 0 aliphatic carbocycles. The molecule has 1 aliphatic heterocycles. The second-order valence-electron chi connectivity index (χ2n) is 4.48. The van der Waals surface area contributed by atoms with Gasteiger partial charge >= 0.3 is 5.97 Å². The summed E-state index contributed by atoms with van der Waals surface area (Å²) in [6.07, 6.45) is 0.0713. The highest BCUT2D eigenvalue weighted by atomic mass is 16.5. The van der Waals surface area contributed by atoms with Gasteiger partial charge in [0.05, 0.1) is 6.42 Å². The molecule has 0 saturated heterocycles. The maximum atomic E-state index is 12.1. The molecule has 20 heavy (non-hydrogen) atoms. The minimum atomic E-state index is -0.777. The molecule has 0 bridgehead atoms. The number of imide groups is 1. The zero-order chi connectivity index (χ0) is 14.7. The van der Waals surface area contributed by atoms with E-state index in [2.05, 4.69) is 4.74 Å². The van der Waals surface area contributed by atoms with Crippen molar-refractivity contribution in [3.8, 4) is 0 Å². The van der Waals surface area contributed by atoms with Gasteiger partial charge in [0.2, 0.25) is 5.91 Å². The number of carbonyl (C=O) groups is 4. The predicted octanol–water partition coefficient (Wildman–Crippen LogP) is 0.344. The molecule has 6 heteroatoms. The van der Waals surface area contributed by atoms with Crippen LogP contribution in [0.15, 0.2) is 24.3 Å². The SMILES string of the molecule is CC(=O)COC(=O)CN1C(=O)Cc2ccccc2C1=O. The molecule has 1 aromatic carbocycles. The van der Waals surface area contributed by atoms with Gasteiger partial charge in [0.1, 0.15) is 13.2 Å². The Morgan fingerprint density at radius 3 is 2.65 bits per heavy atom. The summed E-state index contributed by atoms with van der Waals surface area (Å²) in [5, 5.41) is 0. The van der Waals surface area contributed by atoms with Crippen LogP contribution in [0.1, 0.15) is 22.8 Å². The second kappa shape index (κ2) is 5.64. The van der Waals surface area contributed by atoms with Crippen molar-refractivity contribution in [2.75, 3.05) is 13.2 Å². The van der Waals surface area contributed by atoms with E-state index >= 15 is 0 Å². The van der Waals surface area contributed by atoms with Crippen molar-refractivity contribution in [1.29, 1.82) is 0 Å². The largest absolute Gasteiger partial charge is 0.456 e. The van der Waals surface area contributed by atoms with Crippen LogP contribution >= 0.6 is 0 Å². The van der Waals surface area contributed by atoms with E-state index in [9.17, 15) is 19.2 Å². The van der Waals surface area contributed by atoms with Crippen LogP contribution < -0.4 is 0 Å². The van der Waals surface area contributed by atoms with Gasteiger partial charge in [0.15, 0.2) is 5.78 Å². The summed E-state index contributed by atoms with van der Waals surface area (Å²) in [6.45, 7) is 0.450. The van der Waals surface area contributed by atoms with Gasteiger partial charge in [0.25, 0.3) is 5.91 Å². The van der Waals surface area contributed by atoms with E-state index in [0.29, 0.717) is 11.1 Å². The third-order valence-corrected chi connectivity index (χ3v) is 2.86. The summed E-state index contributed by atoms with van der Waals surface area (Å²) in [5.41, 5.74) is 1.06. The number of rotatable bonds is 4. The average Bonchev–Trinajstić information content (AvgIpc) is 2.41. The molecule has 1 aromatic rings. The lowest BCUT2D eigenvalue weighted by Gasteiger charge is -2.25. The minimum Gasteiger partial charge on any atom is -0.456 e. The predicted molar refractivity (Wildman–Crippen MR) is 67.8 cm³/mol. The fraction of sp³-hybridized carbons (Fsp3) is 0.286. The highest BCUT2D eigenvalue weighted by Gasteiger charge is 2.32. The maximum absolute atomic E-state index is 12.1. The molecule has 0 atom stereocenters. The van der Waals surface area contributed by atoms with Gasteiger partial charge in [-0.1, -0.05) is 18.2 Å². The molecule has 104 valence electrons. The number of fused-ring (bicyclic) bond motifs is 1. The lowest BCUT2D eigenvalue weighted by Crippen LogP contribution is -2.45. The Balaban J connectivity index is 2.10. The number of ketones is 1. The summed E-state index contributed by atoms with van der Waals surface area (Å²) >= 11 is 0. The Labute approximate surface area is 115 Å². The maximum Gasteiger partial charge on any atom is 0.326 e. The summed E-state index contributed by atoms with van der Waals surface area (Å²) in [5.74, 6) is -2.05. The molecule has 2 rings (SSSR count). The quantitative estimate of drug-likeness (QED) is 0.585. The van der Waals surface area contributed by atoms with Gasteiger partial charge in [-0.2, -0.15) is 0 Å². The number of benzene rings is 1. The molecule has 1 heterocycles. The van der Waals surface area contributed by atoms with Crippen LogP contribution in [-0.2, 0) is 25.5 Å². The highest BCUT2D eigenvalue weighted by Crippen LogP contribution is 2.19. The molecule has 0 N–H and O–H groups in total. The van der Waals surface area contributed by atoms with Crippen molar-refractivity contribution in [2.24, 2.45) is 0 Å². The minimum absolute atomic E-state index is 0.0713. The first kappa shape index (κ1) is 13.9. The van der Waals surface area contributed by atoms with Crippen LogP contribution in [-0.4, -0.2) is 41.6 Å². The Morgan fingerprint density at radius 2 is 1.95 bits per heavy atom. The van der Waals surface area contributed by atoms with Crippen LogP contribution in [0.25, 0.3) is 0 Å². The van der Waals surface area contributed by atoms with Gasteiger partial charge in [-0.15, -0.1) is 0 Å². The van der Waals surface area contributed by atoms with E-state index in [0.717, 1.165) is 4.90 Å². The lowest BCUT2D eigenvalue weighted by molar-refractivity contribution is -0.150. The van der Waals surface area contributed by atoms with Gasteiger partial charge < -0.3 is 4.74 Å². The lowest BCUT2D eigenvalue weighted by atomic mass is 9.98. The summed E-state index contributed by atoms with van der Waals surface area (Å²) in [6, 6.07) is 6.75. The molecule has 0 spiro atoms. The number of Topliss-reactive ketones (excluding diaryl/α,β-unsaturated/α-hetero) is 1. The first-order valence-corrected chi connectivity index (χ1v) is 6.06. The summed E-state index contributed by atoms with van der Waals surface area (Å²) in [7, 11) is 0. The molecule has 1 aliphatic rings. The molecule has 6 nitrogen and oxygen atoms in total. The number of esters is 1. The monoisotopic (exact) mass is 275 g/mol. The number of hydrogen-bond donors (Lipinski definition) is 0. The molecule has 0 unspecified atom stereocenters. The van der Waals surface area contributed by atoms with Crippen molar-refractivity contribution < 1.29 is 23.9 Å². The molecular formula is C14H13NO5. The molecule has 0 fully saturated rings. The molecule has 0 aromatic heterocycles. The van der Waals surface area contributed by atoms with Gasteiger partial charge in [-0.05, 0) is 18.6 Å². The topological polar surface area (TPSA) is 80.8 Å². The van der Waals surface area contributed by atoms with Gasteiger partial charge in [-0.25, -0.2) is 0 Å². The van der Waals surface area contributed by atoms with E-state index in [1.54, 1.807) is 24.3 Å². The number of ether oxygens (including phenoxy) is 1. The van der Waals surface area contributed by atoms with Gasteiger partial charge in [-0.3, -0.25) is 24.1 Å². The van der Waals surface area contributed by atoms with E-state index in [1.807, 2.05) is 0 Å². The standard InChI is InChI=1S/C14H13NO5/c1-9(16)8-20-13(18)7-15-12(17)6-10-4-2-3-5-11(10)14(15)19/h2-5H,6-8H2,1H3. The van der Waals surface area contributed by atoms with Crippen molar-refractivity contribution in [2.45, 2.75) is 13.3 Å². The summed E-state index contributed by atoms with van der Waals surface area (Å²) in [4.78, 5) is 47.1. The number of nitrogens with zero attached hydrogens (tertiary/aromatic N) is 1. The van der Waals surface area contributed by atoms with E-state index in [-0.39, 0.29) is 18.8 Å². The van der Waals surface area contributed by atoms with Crippen molar-refractivity contribution in [3.63, 3.8) is 0 Å². The number of hydrogen-bond acceptors (Lipinski definition) is 5. The zero-order valence-corrected chi connectivity index (χ0v) is 10.9. The Kier molecular flexibility index (Phi) is 3.93. The Morgan fingerprint density at radius 1 is 1.25 bits per heavy atom. The first-order chi connectivity index (χ1) is 9.49. The Hall–Kier alpha value is -2.50. The van der Waals surface area contributed by atoms with E-state index in [1.165, 1.54) is 6.92 Å². The number of carbonyl (C=O) groups excluding carboxylic acids is 4. The average molecular weight is 275 g/mol. The van der Waals surface area contributed by atoms with Crippen LogP contribution in [0, 0.1) is 0 Å². The summed E-state index contributed by atoms with van der Waals surface area (Å²) < 4.78 is 4.66. The zero-order valence-electron chi connectivity index (χ0n) is 10.9. The Bertz CT molecular complexity index is 593. The van der Waals surface area contributed by atoms with Crippen LogP contribution in [0.3, 0.4) is 0 Å². The smallest absolute Gasteiger partial charge is 0.326 e. The van der Waals surface area contributed by atoms with E-state index < -0.39 is 24.3 Å². The molecule has 2 amide bonds. The molecular weight excluding hydrogens is 262 g/mol. The molecule has 0 radical (unpaired) electrons. The first-order valence-electron chi connectivity index (χ1n) is 6.06. The van der Waals surface area contributed by atoms with Crippen LogP contribution in [0.5, 0.6) is 0 Å². The van der Waals surface area contributed by atoms with Crippen molar-refractivity contribution in [1.82, 2.24) is 4.90 Å². The van der Waals surface area contributed by atoms with E-state index in [4.69, 9.17) is 0 Å².